The Bertz CT molecular complexity index is 363. The topological polar surface area (TPSA) is 35.0 Å². The molecule has 0 saturated carbocycles. The van der Waals surface area contributed by atoms with E-state index in [-0.39, 0.29) is 11.5 Å². The molecule has 0 aliphatic carbocycles. The molecule has 0 aliphatic heterocycles. The fraction of sp³-hybridized carbons (Fsp3) is 0.333. The summed E-state index contributed by atoms with van der Waals surface area (Å²) in [6, 6.07) is 1.31. The molecule has 3 nitrogen and oxygen atoms in total. The molecule has 0 fully saturated rings. The minimum atomic E-state index is -4.55. The highest BCUT2D eigenvalue weighted by molar-refractivity contribution is 5.52. The van der Waals surface area contributed by atoms with Crippen LogP contribution in [0, 0.1) is 0 Å². The van der Waals surface area contributed by atoms with E-state index in [1.165, 1.54) is 6.07 Å². The highest BCUT2D eigenvalue weighted by Crippen LogP contribution is 2.26. The molecule has 0 N–H and O–H groups in total. The summed E-state index contributed by atoms with van der Waals surface area (Å²) >= 11 is 0. The van der Waals surface area contributed by atoms with Gasteiger partial charge < -0.3 is 4.74 Å². The van der Waals surface area contributed by atoms with Crippen molar-refractivity contribution in [1.29, 1.82) is 0 Å². The summed E-state index contributed by atoms with van der Waals surface area (Å²) in [7, 11) is 0. The number of ether oxygens (including phenoxy) is 1. The summed E-state index contributed by atoms with van der Waals surface area (Å²) in [5, 5.41) is 0. The van der Waals surface area contributed by atoms with Gasteiger partial charge in [-0.1, -0.05) is 6.58 Å². The third-order valence-corrected chi connectivity index (χ3v) is 1.51. The fourth-order valence-corrected chi connectivity index (χ4v) is 0.899. The zero-order valence-electron chi connectivity index (χ0n) is 8.01. The van der Waals surface area contributed by atoms with Crippen LogP contribution in [-0.4, -0.2) is 16.6 Å². The molecule has 0 bridgehead atoms. The van der Waals surface area contributed by atoms with E-state index >= 15 is 0 Å². The molecule has 0 unspecified atom stereocenters. The first-order valence-electron chi connectivity index (χ1n) is 4.17. The molecular weight excluding hydrogens is 209 g/mol. The van der Waals surface area contributed by atoms with Crippen LogP contribution in [0.15, 0.2) is 18.8 Å². The summed E-state index contributed by atoms with van der Waals surface area (Å²) < 4.78 is 41.6. The summed E-state index contributed by atoms with van der Waals surface area (Å²) in [6.07, 6.45) is -3.53. The van der Waals surface area contributed by atoms with Gasteiger partial charge in [0.1, 0.15) is 11.5 Å². The van der Waals surface area contributed by atoms with Crippen LogP contribution in [0.2, 0.25) is 0 Å². The monoisotopic (exact) mass is 218 g/mol. The molecule has 6 heteroatoms. The summed E-state index contributed by atoms with van der Waals surface area (Å²) in [6.45, 7) is 5.49. The highest BCUT2D eigenvalue weighted by Gasteiger charge is 2.34. The van der Waals surface area contributed by atoms with Crippen LogP contribution in [0.1, 0.15) is 18.4 Å². The predicted octanol–water partition coefficient (Wildman–Crippen LogP) is 2.50. The van der Waals surface area contributed by atoms with Crippen molar-refractivity contribution in [2.24, 2.45) is 0 Å². The first-order valence-corrected chi connectivity index (χ1v) is 4.17. The maximum absolute atomic E-state index is 12.2. The van der Waals surface area contributed by atoms with E-state index < -0.39 is 12.0 Å². The first kappa shape index (κ1) is 11.5. The van der Waals surface area contributed by atoms with Crippen LogP contribution in [0.3, 0.4) is 0 Å². The standard InChI is InChI=1S/C9H9F3N2O/c1-3-15-6(2)7-4-5-13-8(14-7)9(10,11)12/h4-5H,2-3H2,1H3. The Kier molecular flexibility index (Phi) is 3.28. The number of halogens is 3. The molecule has 82 valence electrons. The molecule has 0 radical (unpaired) electrons. The molecule has 0 aromatic carbocycles. The van der Waals surface area contributed by atoms with Crippen molar-refractivity contribution in [1.82, 2.24) is 9.97 Å². The van der Waals surface area contributed by atoms with Gasteiger partial charge in [0.25, 0.3) is 0 Å². The zero-order chi connectivity index (χ0) is 11.5. The number of hydrogen-bond donors (Lipinski definition) is 0. The number of alkyl halides is 3. The summed E-state index contributed by atoms with van der Waals surface area (Å²) in [5.41, 5.74) is 0.0409. The Labute approximate surface area is 84.6 Å². The van der Waals surface area contributed by atoms with Crippen LogP contribution in [0.4, 0.5) is 13.2 Å². The van der Waals surface area contributed by atoms with Crippen molar-refractivity contribution in [2.75, 3.05) is 6.61 Å². The average Bonchev–Trinajstić information content (AvgIpc) is 2.17. The third kappa shape index (κ3) is 2.93. The van der Waals surface area contributed by atoms with E-state index in [4.69, 9.17) is 4.74 Å². The van der Waals surface area contributed by atoms with Crippen molar-refractivity contribution in [3.63, 3.8) is 0 Å². The van der Waals surface area contributed by atoms with Gasteiger partial charge in [0.2, 0.25) is 5.82 Å². The van der Waals surface area contributed by atoms with Gasteiger partial charge in [0.15, 0.2) is 0 Å². The Hall–Kier alpha value is -1.59. The molecule has 1 aromatic heterocycles. The first-order chi connectivity index (χ1) is 6.95. The molecule has 0 aliphatic rings. The van der Waals surface area contributed by atoms with Crippen molar-refractivity contribution in [3.8, 4) is 0 Å². The lowest BCUT2D eigenvalue weighted by atomic mass is 10.3. The van der Waals surface area contributed by atoms with E-state index in [1.807, 2.05) is 0 Å². The zero-order valence-corrected chi connectivity index (χ0v) is 8.01. The van der Waals surface area contributed by atoms with E-state index in [0.717, 1.165) is 6.20 Å². The smallest absolute Gasteiger partial charge is 0.451 e. The van der Waals surface area contributed by atoms with Crippen LogP contribution in [0.25, 0.3) is 5.76 Å². The van der Waals surface area contributed by atoms with Crippen LogP contribution < -0.4 is 0 Å². The van der Waals surface area contributed by atoms with Gasteiger partial charge in [0, 0.05) is 6.20 Å². The fourth-order valence-electron chi connectivity index (χ4n) is 0.899. The van der Waals surface area contributed by atoms with E-state index in [1.54, 1.807) is 6.92 Å². The second kappa shape index (κ2) is 4.29. The van der Waals surface area contributed by atoms with Gasteiger partial charge in [-0.3, -0.25) is 0 Å². The minimum Gasteiger partial charge on any atom is -0.492 e. The van der Waals surface area contributed by atoms with Gasteiger partial charge in [-0.15, -0.1) is 0 Å². The Morgan fingerprint density at radius 3 is 2.73 bits per heavy atom. The number of nitrogens with zero attached hydrogens (tertiary/aromatic N) is 2. The van der Waals surface area contributed by atoms with Crippen molar-refractivity contribution >= 4 is 5.76 Å². The van der Waals surface area contributed by atoms with E-state index in [2.05, 4.69) is 16.5 Å². The molecule has 15 heavy (non-hydrogen) atoms. The molecule has 1 rings (SSSR count). The maximum atomic E-state index is 12.2. The number of rotatable bonds is 3. The van der Waals surface area contributed by atoms with Crippen LogP contribution >= 0.6 is 0 Å². The van der Waals surface area contributed by atoms with Gasteiger partial charge in [-0.2, -0.15) is 13.2 Å². The number of hydrogen-bond acceptors (Lipinski definition) is 3. The lowest BCUT2D eigenvalue weighted by molar-refractivity contribution is -0.145. The van der Waals surface area contributed by atoms with E-state index in [0.29, 0.717) is 6.61 Å². The SMILES string of the molecule is C=C(OCC)c1ccnc(C(F)(F)F)n1. The predicted molar refractivity (Wildman–Crippen MR) is 47.7 cm³/mol. The maximum Gasteiger partial charge on any atom is 0.451 e. The highest BCUT2D eigenvalue weighted by atomic mass is 19.4. The molecule has 1 heterocycles. The second-order valence-electron chi connectivity index (χ2n) is 2.62. The van der Waals surface area contributed by atoms with Crippen molar-refractivity contribution in [2.45, 2.75) is 13.1 Å². The summed E-state index contributed by atoms with van der Waals surface area (Å²) in [4.78, 5) is 6.42. The van der Waals surface area contributed by atoms with E-state index in [9.17, 15) is 13.2 Å². The Balaban J connectivity index is 2.98. The number of aromatic nitrogens is 2. The lowest BCUT2D eigenvalue weighted by Gasteiger charge is -2.08. The largest absolute Gasteiger partial charge is 0.492 e. The third-order valence-electron chi connectivity index (χ3n) is 1.51. The van der Waals surface area contributed by atoms with Gasteiger partial charge in [0.05, 0.1) is 6.61 Å². The quantitative estimate of drug-likeness (QED) is 0.731. The molecular formula is C9H9F3N2O. The van der Waals surface area contributed by atoms with Gasteiger partial charge in [-0.05, 0) is 13.0 Å². The average molecular weight is 218 g/mol. The molecule has 0 saturated heterocycles. The van der Waals surface area contributed by atoms with Crippen LogP contribution in [-0.2, 0) is 10.9 Å². The molecule has 0 atom stereocenters. The molecule has 1 aromatic rings. The van der Waals surface area contributed by atoms with Gasteiger partial charge >= 0.3 is 6.18 Å². The van der Waals surface area contributed by atoms with Gasteiger partial charge in [-0.25, -0.2) is 9.97 Å². The van der Waals surface area contributed by atoms with Crippen molar-refractivity contribution in [3.05, 3.63) is 30.4 Å². The van der Waals surface area contributed by atoms with Crippen molar-refractivity contribution < 1.29 is 17.9 Å². The minimum absolute atomic E-state index is 0.0409. The Morgan fingerprint density at radius 2 is 2.20 bits per heavy atom. The lowest BCUT2D eigenvalue weighted by Crippen LogP contribution is -2.12. The van der Waals surface area contributed by atoms with Crippen LogP contribution in [0.5, 0.6) is 0 Å². The molecule has 0 spiro atoms. The second-order valence-corrected chi connectivity index (χ2v) is 2.62. The molecule has 0 amide bonds. The summed E-state index contributed by atoms with van der Waals surface area (Å²) in [5.74, 6) is -1.09. The normalized spacial score (nSPS) is 11.2. The Morgan fingerprint density at radius 1 is 1.53 bits per heavy atom.